The predicted molar refractivity (Wildman–Crippen MR) is 27.9 cm³/mol. The van der Waals surface area contributed by atoms with Crippen LogP contribution in [-0.2, 0) is 0 Å². The van der Waals surface area contributed by atoms with E-state index < -0.39 is 4.82 Å². The lowest BCUT2D eigenvalue weighted by Gasteiger charge is -1.90. The van der Waals surface area contributed by atoms with Gasteiger partial charge in [-0.1, -0.05) is 0 Å². The van der Waals surface area contributed by atoms with Crippen LogP contribution in [0.5, 0.6) is 0 Å². The van der Waals surface area contributed by atoms with Gasteiger partial charge in [-0.3, -0.25) is 4.79 Å². The zero-order chi connectivity index (χ0) is 5.15. The molecule has 6 heavy (non-hydrogen) atoms. The monoisotopic (exact) mass is 191 g/mol. The topological polar surface area (TPSA) is 20.3 Å². The summed E-state index contributed by atoms with van der Waals surface area (Å²) in [4.78, 5) is 9.16. The molecule has 0 fully saturated rings. The molecule has 5 heteroatoms. The van der Waals surface area contributed by atoms with Crippen molar-refractivity contribution < 1.29 is 4.79 Å². The lowest BCUT2D eigenvalue weighted by atomic mass is 11.5. The molecule has 0 saturated heterocycles. The molecular formula is CBrCl2NO. The van der Waals surface area contributed by atoms with E-state index in [4.69, 9.17) is 23.6 Å². The van der Waals surface area contributed by atoms with Crippen LogP contribution in [-0.4, -0.2) is 8.75 Å². The second-order valence-corrected chi connectivity index (χ2v) is 2.01. The summed E-state index contributed by atoms with van der Waals surface area (Å²) in [6.07, 6.45) is 0. The summed E-state index contributed by atoms with van der Waals surface area (Å²) >= 11 is 12.1. The SMILES string of the molecule is O=C(Br)N(Cl)Cl. The fourth-order valence-corrected chi connectivity index (χ4v) is 0. The van der Waals surface area contributed by atoms with Crippen molar-refractivity contribution in [2.45, 2.75) is 0 Å². The van der Waals surface area contributed by atoms with Gasteiger partial charge in [-0.15, -0.1) is 3.94 Å². The smallest absolute Gasteiger partial charge is 0.258 e. The standard InChI is InChI=1S/CBrCl2NO/c2-1(6)5(3)4. The first kappa shape index (κ1) is 6.53. The summed E-state index contributed by atoms with van der Waals surface area (Å²) in [5, 5.41) is 0. The van der Waals surface area contributed by atoms with Gasteiger partial charge >= 0.3 is 4.82 Å². The Labute approximate surface area is 53.4 Å². The van der Waals surface area contributed by atoms with Crippen LogP contribution >= 0.6 is 39.5 Å². The second kappa shape index (κ2) is 2.66. The van der Waals surface area contributed by atoms with Crippen molar-refractivity contribution in [3.05, 3.63) is 0 Å². The fourth-order valence-electron chi connectivity index (χ4n) is 0. The van der Waals surface area contributed by atoms with E-state index >= 15 is 0 Å². The van der Waals surface area contributed by atoms with Crippen molar-refractivity contribution in [1.29, 1.82) is 0 Å². The van der Waals surface area contributed by atoms with Gasteiger partial charge in [-0.2, -0.15) is 0 Å². The third kappa shape index (κ3) is 2.75. The van der Waals surface area contributed by atoms with Gasteiger partial charge in [-0.05, 0) is 0 Å². The molecule has 0 saturated carbocycles. The third-order valence-electron chi connectivity index (χ3n) is 0.133. The number of hydrogen-bond acceptors (Lipinski definition) is 1. The van der Waals surface area contributed by atoms with Crippen LogP contribution in [0.15, 0.2) is 0 Å². The molecule has 0 aliphatic rings. The van der Waals surface area contributed by atoms with Crippen LogP contribution < -0.4 is 0 Å². The number of halogens is 3. The zero-order valence-electron chi connectivity index (χ0n) is 2.49. The van der Waals surface area contributed by atoms with Crippen LogP contribution in [0.3, 0.4) is 0 Å². The summed E-state index contributed by atoms with van der Waals surface area (Å²) in [7, 11) is 0. The molecule has 0 bridgehead atoms. The number of carbonyl (C=O) groups is 1. The maximum absolute atomic E-state index is 9.72. The first-order chi connectivity index (χ1) is 2.64. The van der Waals surface area contributed by atoms with Crippen LogP contribution in [0.4, 0.5) is 4.79 Å². The molecule has 0 atom stereocenters. The molecule has 0 aliphatic carbocycles. The minimum atomic E-state index is -0.564. The van der Waals surface area contributed by atoms with E-state index in [9.17, 15) is 4.79 Å². The highest BCUT2D eigenvalue weighted by molar-refractivity contribution is 9.18. The summed E-state index contributed by atoms with van der Waals surface area (Å²) in [5.41, 5.74) is 0. The normalized spacial score (nSPS) is 7.83. The maximum Gasteiger partial charge on any atom is 0.319 e. The molecular weight excluding hydrogens is 193 g/mol. The van der Waals surface area contributed by atoms with Gasteiger partial charge in [-0.25, -0.2) is 0 Å². The van der Waals surface area contributed by atoms with Crippen molar-refractivity contribution >= 4 is 44.3 Å². The summed E-state index contributed by atoms with van der Waals surface area (Å²) in [5.74, 6) is 0. The van der Waals surface area contributed by atoms with E-state index in [2.05, 4.69) is 15.9 Å². The van der Waals surface area contributed by atoms with Crippen LogP contribution in [0, 0.1) is 0 Å². The van der Waals surface area contributed by atoms with Gasteiger partial charge in [0.05, 0.1) is 0 Å². The van der Waals surface area contributed by atoms with Gasteiger partial charge < -0.3 is 0 Å². The molecule has 0 unspecified atom stereocenters. The molecule has 0 aromatic rings. The third-order valence-corrected chi connectivity index (χ3v) is 1.20. The lowest BCUT2D eigenvalue weighted by molar-refractivity contribution is 0.258. The summed E-state index contributed by atoms with van der Waals surface area (Å²) in [6.45, 7) is 0. The second-order valence-electron chi connectivity index (χ2n) is 0.486. The van der Waals surface area contributed by atoms with E-state index in [1.165, 1.54) is 0 Å². The van der Waals surface area contributed by atoms with Gasteiger partial charge in [0.15, 0.2) is 0 Å². The Morgan fingerprint density at radius 3 is 1.83 bits per heavy atom. The average Bonchev–Trinajstić information content (AvgIpc) is 1.36. The first-order valence-electron chi connectivity index (χ1n) is 0.955. The molecule has 0 aliphatic heterocycles. The molecule has 0 aromatic heterocycles. The van der Waals surface area contributed by atoms with Crippen molar-refractivity contribution in [3.8, 4) is 0 Å². The van der Waals surface area contributed by atoms with Gasteiger partial charge in [0, 0.05) is 39.5 Å². The largest absolute Gasteiger partial charge is 0.319 e. The first-order valence-corrected chi connectivity index (χ1v) is 2.42. The molecule has 0 aromatic carbocycles. The van der Waals surface area contributed by atoms with Crippen molar-refractivity contribution in [2.75, 3.05) is 0 Å². The van der Waals surface area contributed by atoms with E-state index in [1.807, 2.05) is 0 Å². The number of carbonyl (C=O) groups excluding carboxylic acids is 1. The van der Waals surface area contributed by atoms with E-state index in [-0.39, 0.29) is 0 Å². The van der Waals surface area contributed by atoms with Gasteiger partial charge in [0.25, 0.3) is 0 Å². The number of rotatable bonds is 0. The van der Waals surface area contributed by atoms with Crippen molar-refractivity contribution in [3.63, 3.8) is 0 Å². The Morgan fingerprint density at radius 2 is 1.83 bits per heavy atom. The molecule has 0 radical (unpaired) electrons. The number of nitrogens with zero attached hydrogens (tertiary/aromatic N) is 1. The highest BCUT2D eigenvalue weighted by Gasteiger charge is 1.97. The number of amides is 1. The maximum atomic E-state index is 9.72. The average molecular weight is 193 g/mol. The lowest BCUT2D eigenvalue weighted by Crippen LogP contribution is -1.96. The Balaban J connectivity index is 3.26. The molecule has 0 N–H and O–H groups in total. The minimum Gasteiger partial charge on any atom is -0.258 e. The Hall–Kier alpha value is 0.530. The molecule has 0 rings (SSSR count). The predicted octanol–water partition coefficient (Wildman–Crippen LogP) is 2.11. The molecule has 0 heterocycles. The quantitative estimate of drug-likeness (QED) is 0.327. The Kier molecular flexibility index (Phi) is 2.90. The molecule has 0 spiro atoms. The molecule has 36 valence electrons. The fraction of sp³-hybridized carbons (Fsp3) is 0. The zero-order valence-corrected chi connectivity index (χ0v) is 5.59. The van der Waals surface area contributed by atoms with Gasteiger partial charge in [0.2, 0.25) is 0 Å². The molecule has 2 nitrogen and oxygen atoms in total. The molecule has 1 amide bonds. The van der Waals surface area contributed by atoms with E-state index in [0.717, 1.165) is 0 Å². The Bertz CT molecular complexity index is 64.6. The van der Waals surface area contributed by atoms with Gasteiger partial charge in [0.1, 0.15) is 0 Å². The van der Waals surface area contributed by atoms with E-state index in [0.29, 0.717) is 3.94 Å². The van der Waals surface area contributed by atoms with Crippen LogP contribution in [0.2, 0.25) is 0 Å². The van der Waals surface area contributed by atoms with Crippen molar-refractivity contribution in [2.24, 2.45) is 0 Å². The van der Waals surface area contributed by atoms with E-state index in [1.54, 1.807) is 0 Å². The Morgan fingerprint density at radius 1 is 1.67 bits per heavy atom. The highest BCUT2D eigenvalue weighted by atomic mass is 79.9. The highest BCUT2D eigenvalue weighted by Crippen LogP contribution is 2.04. The minimum absolute atomic E-state index is 0.389. The van der Waals surface area contributed by atoms with Crippen LogP contribution in [0.25, 0.3) is 0 Å². The van der Waals surface area contributed by atoms with Crippen LogP contribution in [0.1, 0.15) is 0 Å². The summed E-state index contributed by atoms with van der Waals surface area (Å²) in [6, 6.07) is 0. The number of hydrogen-bond donors (Lipinski definition) is 0. The summed E-state index contributed by atoms with van der Waals surface area (Å²) < 4.78 is 0.389. The van der Waals surface area contributed by atoms with Crippen molar-refractivity contribution in [1.82, 2.24) is 3.94 Å².